The molecule has 2 aliphatic rings. The minimum Gasteiger partial charge on any atom is -0.481 e. The van der Waals surface area contributed by atoms with Gasteiger partial charge in [0.2, 0.25) is 11.8 Å². The van der Waals surface area contributed by atoms with Crippen LogP contribution < -0.4 is 20.3 Å². The maximum atomic E-state index is 5.40. The van der Waals surface area contributed by atoms with Crippen LogP contribution in [0.5, 0.6) is 5.88 Å². The number of rotatable bonds is 4. The van der Waals surface area contributed by atoms with Crippen molar-refractivity contribution in [1.29, 1.82) is 0 Å². The second kappa shape index (κ2) is 7.77. The van der Waals surface area contributed by atoms with Gasteiger partial charge in [0, 0.05) is 25.2 Å². The third kappa shape index (κ3) is 4.43. The molecule has 1 saturated carbocycles. The summed E-state index contributed by atoms with van der Waals surface area (Å²) in [5.74, 6) is 1.97. The third-order valence-corrected chi connectivity index (χ3v) is 4.71. The molecule has 0 amide bonds. The van der Waals surface area contributed by atoms with Crippen molar-refractivity contribution in [3.8, 4) is 5.88 Å². The second-order valence-corrected chi connectivity index (χ2v) is 6.63. The van der Waals surface area contributed by atoms with Crippen LogP contribution in [0.2, 0.25) is 0 Å². The van der Waals surface area contributed by atoms with Crippen LogP contribution in [0.25, 0.3) is 0 Å². The van der Waals surface area contributed by atoms with Crippen LogP contribution in [0.1, 0.15) is 44.9 Å². The smallest absolute Gasteiger partial charge is 0.234 e. The number of nitrogens with one attached hydrogen (secondary N) is 2. The topological polar surface area (TPSA) is 62.3 Å². The first-order chi connectivity index (χ1) is 11.2. The highest BCUT2D eigenvalue weighted by atomic mass is 32.1. The van der Waals surface area contributed by atoms with Crippen molar-refractivity contribution in [1.82, 2.24) is 15.3 Å². The van der Waals surface area contributed by atoms with E-state index in [1.54, 1.807) is 7.11 Å². The Morgan fingerprint density at radius 3 is 2.61 bits per heavy atom. The van der Waals surface area contributed by atoms with Crippen LogP contribution in [0.15, 0.2) is 6.07 Å². The van der Waals surface area contributed by atoms with Gasteiger partial charge >= 0.3 is 0 Å². The fraction of sp³-hybridized carbons (Fsp3) is 0.688. The minimum atomic E-state index is 0.474. The fourth-order valence-corrected chi connectivity index (χ4v) is 3.51. The summed E-state index contributed by atoms with van der Waals surface area (Å²) in [7, 11) is 1.63. The third-order valence-electron chi connectivity index (χ3n) is 4.49. The van der Waals surface area contributed by atoms with Gasteiger partial charge in [0.15, 0.2) is 5.11 Å². The van der Waals surface area contributed by atoms with Gasteiger partial charge in [-0.1, -0.05) is 12.8 Å². The van der Waals surface area contributed by atoms with E-state index in [2.05, 4.69) is 25.5 Å². The van der Waals surface area contributed by atoms with Crippen molar-refractivity contribution in [3.05, 3.63) is 6.07 Å². The van der Waals surface area contributed by atoms with Crippen LogP contribution in [0.4, 0.5) is 11.8 Å². The van der Waals surface area contributed by atoms with E-state index < -0.39 is 0 Å². The van der Waals surface area contributed by atoms with Crippen molar-refractivity contribution in [2.75, 3.05) is 30.4 Å². The molecule has 23 heavy (non-hydrogen) atoms. The number of anilines is 2. The number of aromatic nitrogens is 2. The molecular weight excluding hydrogens is 310 g/mol. The normalized spacial score (nSPS) is 18.7. The molecular formula is C16H25N5OS. The summed E-state index contributed by atoms with van der Waals surface area (Å²) in [6, 6.07) is 2.37. The maximum absolute atomic E-state index is 5.40. The molecule has 1 aliphatic carbocycles. The summed E-state index contributed by atoms with van der Waals surface area (Å²) in [6.45, 7) is 2.06. The Bertz CT molecular complexity index is 541. The van der Waals surface area contributed by atoms with Crippen molar-refractivity contribution >= 4 is 29.1 Å². The van der Waals surface area contributed by atoms with Gasteiger partial charge in [-0.3, -0.25) is 0 Å². The number of hydrogen-bond acceptors (Lipinski definition) is 5. The van der Waals surface area contributed by atoms with E-state index in [1.807, 2.05) is 6.07 Å². The van der Waals surface area contributed by atoms with E-state index in [4.69, 9.17) is 17.0 Å². The molecule has 1 aromatic heterocycles. The van der Waals surface area contributed by atoms with Gasteiger partial charge in [-0.15, -0.1) is 0 Å². The molecule has 0 unspecified atom stereocenters. The molecule has 1 saturated heterocycles. The quantitative estimate of drug-likeness (QED) is 0.820. The SMILES string of the molecule is COc1cc(N2CCCCC2)nc(NC(=S)NC2CCCC2)n1. The van der Waals surface area contributed by atoms with Gasteiger partial charge in [0.05, 0.1) is 7.11 Å². The average Bonchev–Trinajstić information content (AvgIpc) is 3.08. The Balaban J connectivity index is 1.68. The minimum absolute atomic E-state index is 0.474. The highest BCUT2D eigenvalue weighted by Crippen LogP contribution is 2.23. The summed E-state index contributed by atoms with van der Waals surface area (Å²) in [6.07, 6.45) is 8.61. The van der Waals surface area contributed by atoms with Gasteiger partial charge < -0.3 is 20.3 Å². The lowest BCUT2D eigenvalue weighted by Gasteiger charge is -2.28. The molecule has 0 atom stereocenters. The van der Waals surface area contributed by atoms with Crippen LogP contribution in [0.3, 0.4) is 0 Å². The standard InChI is InChI=1S/C16H25N5OS/c1-22-14-11-13(21-9-5-2-6-10-21)18-15(19-14)20-16(23)17-12-7-3-4-8-12/h11-12H,2-10H2,1H3,(H2,17,18,19,20,23). The van der Waals surface area contributed by atoms with Gasteiger partial charge in [-0.05, 0) is 44.3 Å². The summed E-state index contributed by atoms with van der Waals surface area (Å²) in [4.78, 5) is 11.3. The zero-order valence-corrected chi connectivity index (χ0v) is 14.5. The van der Waals surface area contributed by atoms with Gasteiger partial charge in [0.1, 0.15) is 5.82 Å². The van der Waals surface area contributed by atoms with E-state index in [0.717, 1.165) is 18.9 Å². The number of nitrogens with zero attached hydrogens (tertiary/aromatic N) is 3. The van der Waals surface area contributed by atoms with Gasteiger partial charge in [-0.25, -0.2) is 0 Å². The van der Waals surface area contributed by atoms with E-state index >= 15 is 0 Å². The van der Waals surface area contributed by atoms with Crippen LogP contribution >= 0.6 is 12.2 Å². The fourth-order valence-electron chi connectivity index (χ4n) is 3.25. The highest BCUT2D eigenvalue weighted by molar-refractivity contribution is 7.80. The first-order valence-corrected chi connectivity index (χ1v) is 8.91. The van der Waals surface area contributed by atoms with Crippen molar-refractivity contribution in [2.45, 2.75) is 51.0 Å². The zero-order valence-electron chi connectivity index (χ0n) is 13.7. The maximum Gasteiger partial charge on any atom is 0.234 e. The zero-order chi connectivity index (χ0) is 16.1. The Kier molecular flexibility index (Phi) is 5.48. The molecule has 1 aliphatic heterocycles. The van der Waals surface area contributed by atoms with Crippen LogP contribution in [-0.2, 0) is 0 Å². The Hall–Kier alpha value is -1.63. The number of ether oxygens (including phenoxy) is 1. The van der Waals surface area contributed by atoms with E-state index in [1.165, 1.54) is 44.9 Å². The van der Waals surface area contributed by atoms with E-state index in [0.29, 0.717) is 23.0 Å². The lowest BCUT2D eigenvalue weighted by Crippen LogP contribution is -2.36. The second-order valence-electron chi connectivity index (χ2n) is 6.22. The highest BCUT2D eigenvalue weighted by Gasteiger charge is 2.18. The lowest BCUT2D eigenvalue weighted by molar-refractivity contribution is 0.397. The molecule has 1 aromatic rings. The summed E-state index contributed by atoms with van der Waals surface area (Å²) in [5, 5.41) is 7.06. The molecule has 0 radical (unpaired) electrons. The molecule has 0 bridgehead atoms. The Labute approximate surface area is 143 Å². The lowest BCUT2D eigenvalue weighted by atomic mass is 10.1. The number of thiocarbonyl (C=S) groups is 1. The molecule has 7 heteroatoms. The summed E-state index contributed by atoms with van der Waals surface area (Å²) < 4.78 is 5.32. The molecule has 6 nitrogen and oxygen atoms in total. The first kappa shape index (κ1) is 16.2. The van der Waals surface area contributed by atoms with Gasteiger partial charge in [0.25, 0.3) is 0 Å². The predicted octanol–water partition coefficient (Wildman–Crippen LogP) is 2.70. The van der Waals surface area contributed by atoms with Gasteiger partial charge in [-0.2, -0.15) is 9.97 Å². The van der Waals surface area contributed by atoms with Crippen LogP contribution in [0, 0.1) is 0 Å². The molecule has 0 spiro atoms. The molecule has 2 heterocycles. The number of methoxy groups -OCH3 is 1. The van der Waals surface area contributed by atoms with Crippen LogP contribution in [-0.4, -0.2) is 41.3 Å². The summed E-state index contributed by atoms with van der Waals surface area (Å²) in [5.41, 5.74) is 0. The first-order valence-electron chi connectivity index (χ1n) is 8.50. The van der Waals surface area contributed by atoms with E-state index in [-0.39, 0.29) is 0 Å². The largest absolute Gasteiger partial charge is 0.481 e. The predicted molar refractivity (Wildman–Crippen MR) is 96.3 cm³/mol. The number of hydrogen-bond donors (Lipinski definition) is 2. The van der Waals surface area contributed by atoms with Crippen molar-refractivity contribution in [2.24, 2.45) is 0 Å². The Morgan fingerprint density at radius 2 is 1.91 bits per heavy atom. The van der Waals surface area contributed by atoms with E-state index in [9.17, 15) is 0 Å². The monoisotopic (exact) mass is 335 g/mol. The van der Waals surface area contributed by atoms with Crippen molar-refractivity contribution in [3.63, 3.8) is 0 Å². The molecule has 126 valence electrons. The average molecular weight is 335 g/mol. The molecule has 2 N–H and O–H groups in total. The Morgan fingerprint density at radius 1 is 1.17 bits per heavy atom. The van der Waals surface area contributed by atoms with Crippen molar-refractivity contribution < 1.29 is 4.74 Å². The molecule has 3 rings (SSSR count). The molecule has 2 fully saturated rings. The number of piperidine rings is 1. The molecule has 0 aromatic carbocycles. The summed E-state index contributed by atoms with van der Waals surface area (Å²) >= 11 is 5.40.